The van der Waals surface area contributed by atoms with Crippen molar-refractivity contribution in [1.82, 2.24) is 0 Å². The molecule has 0 amide bonds. The lowest BCUT2D eigenvalue weighted by Gasteiger charge is -2.29. The van der Waals surface area contributed by atoms with Crippen LogP contribution in [0.3, 0.4) is 0 Å². The number of ether oxygens (including phenoxy) is 2. The van der Waals surface area contributed by atoms with Crippen LogP contribution in [0.4, 0.5) is 15.8 Å². The molecule has 1 aliphatic rings. The molecule has 0 spiro atoms. The van der Waals surface area contributed by atoms with Crippen LogP contribution in [0.15, 0.2) is 41.4 Å². The fraction of sp³-hybridized carbons (Fsp3) is 0.300. The molecule has 2 aromatic rings. The maximum absolute atomic E-state index is 14.5. The molecule has 1 aliphatic heterocycles. The molecule has 1 fully saturated rings. The van der Waals surface area contributed by atoms with Crippen LogP contribution in [0.5, 0.6) is 0 Å². The average molecular weight is 356 g/mol. The molecule has 136 valence electrons. The van der Waals surface area contributed by atoms with Crippen LogP contribution in [-0.2, 0) is 9.47 Å². The van der Waals surface area contributed by atoms with E-state index in [1.807, 2.05) is 17.9 Å². The highest BCUT2D eigenvalue weighted by Crippen LogP contribution is 2.23. The van der Waals surface area contributed by atoms with E-state index >= 15 is 0 Å². The zero-order valence-corrected chi connectivity index (χ0v) is 14.9. The highest BCUT2D eigenvalue weighted by Gasteiger charge is 2.15. The van der Waals surface area contributed by atoms with Gasteiger partial charge < -0.3 is 14.4 Å². The van der Waals surface area contributed by atoms with Gasteiger partial charge in [0, 0.05) is 19.3 Å². The van der Waals surface area contributed by atoms with Gasteiger partial charge in [-0.1, -0.05) is 12.1 Å². The largest absolute Gasteiger partial charge is 0.465 e. The molecule has 0 radical (unpaired) electrons. The van der Waals surface area contributed by atoms with Crippen LogP contribution in [0.1, 0.15) is 21.5 Å². The first kappa shape index (κ1) is 18.1. The summed E-state index contributed by atoms with van der Waals surface area (Å²) in [5.74, 6) is -0.696. The Morgan fingerprint density at radius 1 is 1.23 bits per heavy atom. The highest BCUT2D eigenvalue weighted by molar-refractivity contribution is 5.91. The van der Waals surface area contributed by atoms with Gasteiger partial charge in [-0.2, -0.15) is 0 Å². The number of carbonyl (C=O) groups excluding carboxylic acids is 1. The summed E-state index contributed by atoms with van der Waals surface area (Å²) < 4.78 is 24.5. The molecule has 1 heterocycles. The Bertz CT molecular complexity index is 830. The molecule has 0 aliphatic carbocycles. The Kier molecular flexibility index (Phi) is 5.63. The number of rotatable bonds is 4. The summed E-state index contributed by atoms with van der Waals surface area (Å²) in [6, 6.07) is 10.2. The summed E-state index contributed by atoms with van der Waals surface area (Å²) in [6.45, 7) is 4.49. The quantitative estimate of drug-likeness (QED) is 0.621. The van der Waals surface area contributed by atoms with Crippen LogP contribution >= 0.6 is 0 Å². The average Bonchev–Trinajstić information content (AvgIpc) is 2.67. The number of anilines is 1. The van der Waals surface area contributed by atoms with Crippen molar-refractivity contribution in [3.8, 4) is 0 Å². The van der Waals surface area contributed by atoms with Crippen molar-refractivity contribution in [3.05, 3.63) is 58.9 Å². The number of hydrogen-bond donors (Lipinski definition) is 0. The number of aliphatic imine (C=N–C) groups is 1. The minimum Gasteiger partial charge on any atom is -0.465 e. The predicted molar refractivity (Wildman–Crippen MR) is 99.2 cm³/mol. The molecule has 0 atom stereocenters. The number of carbonyl (C=O) groups is 1. The van der Waals surface area contributed by atoms with Gasteiger partial charge in [-0.05, 0) is 42.3 Å². The topological polar surface area (TPSA) is 51.1 Å². The van der Waals surface area contributed by atoms with Crippen LogP contribution in [-0.4, -0.2) is 45.6 Å². The molecule has 0 bridgehead atoms. The Labute approximate surface area is 152 Å². The lowest BCUT2D eigenvalue weighted by atomic mass is 10.1. The van der Waals surface area contributed by atoms with E-state index in [-0.39, 0.29) is 5.82 Å². The van der Waals surface area contributed by atoms with Crippen LogP contribution in [0, 0.1) is 12.7 Å². The first-order valence-corrected chi connectivity index (χ1v) is 8.44. The van der Waals surface area contributed by atoms with E-state index in [4.69, 9.17) is 9.47 Å². The number of methoxy groups -OCH3 is 1. The van der Waals surface area contributed by atoms with E-state index in [1.165, 1.54) is 13.2 Å². The maximum atomic E-state index is 14.5. The first-order valence-electron chi connectivity index (χ1n) is 8.44. The first-order chi connectivity index (χ1) is 12.6. The van der Waals surface area contributed by atoms with E-state index in [2.05, 4.69) is 4.99 Å². The Hall–Kier alpha value is -2.73. The summed E-state index contributed by atoms with van der Waals surface area (Å²) in [5.41, 5.74) is 3.22. The number of halogens is 1. The van der Waals surface area contributed by atoms with Gasteiger partial charge in [0.05, 0.1) is 37.3 Å². The molecule has 2 aromatic carbocycles. The highest BCUT2D eigenvalue weighted by atomic mass is 19.1. The number of nitrogens with zero attached hydrogens (tertiary/aromatic N) is 2. The fourth-order valence-corrected chi connectivity index (χ4v) is 2.80. The van der Waals surface area contributed by atoms with Crippen molar-refractivity contribution in [2.45, 2.75) is 6.92 Å². The minimum absolute atomic E-state index is 0.282. The van der Waals surface area contributed by atoms with E-state index in [0.717, 1.165) is 5.56 Å². The second-order valence-electron chi connectivity index (χ2n) is 6.06. The third-order valence-corrected chi connectivity index (χ3v) is 4.31. The monoisotopic (exact) mass is 356 g/mol. The van der Waals surface area contributed by atoms with Gasteiger partial charge in [-0.3, -0.25) is 4.99 Å². The van der Waals surface area contributed by atoms with Crippen LogP contribution in [0.25, 0.3) is 0 Å². The summed E-state index contributed by atoms with van der Waals surface area (Å²) in [4.78, 5) is 18.0. The third kappa shape index (κ3) is 4.08. The normalized spacial score (nSPS) is 14.7. The molecule has 5 nitrogen and oxygen atoms in total. The number of hydrogen-bond acceptors (Lipinski definition) is 5. The van der Waals surface area contributed by atoms with Crippen molar-refractivity contribution in [3.63, 3.8) is 0 Å². The second kappa shape index (κ2) is 8.10. The SMILES string of the molecule is COC(=O)c1ccc(C)c(N=Cc2ccc(N3CCOCC3)c(F)c2)c1. The van der Waals surface area contributed by atoms with Crippen molar-refractivity contribution in [1.29, 1.82) is 0 Å². The predicted octanol–water partition coefficient (Wildman–Crippen LogP) is 3.51. The van der Waals surface area contributed by atoms with Crippen molar-refractivity contribution in [2.24, 2.45) is 4.99 Å². The summed E-state index contributed by atoms with van der Waals surface area (Å²) in [6.07, 6.45) is 1.59. The van der Waals surface area contributed by atoms with Gasteiger partial charge in [0.15, 0.2) is 0 Å². The Morgan fingerprint density at radius 2 is 2.00 bits per heavy atom. The lowest BCUT2D eigenvalue weighted by molar-refractivity contribution is 0.0600. The molecule has 6 heteroatoms. The van der Waals surface area contributed by atoms with Crippen LogP contribution in [0.2, 0.25) is 0 Å². The standard InChI is InChI=1S/C20H21FN2O3/c1-14-3-5-16(20(24)25-2)12-18(14)22-13-15-4-6-19(17(21)11-15)23-7-9-26-10-8-23/h3-6,11-13H,7-10H2,1-2H3. The van der Waals surface area contributed by atoms with Gasteiger partial charge >= 0.3 is 5.97 Å². The Morgan fingerprint density at radius 3 is 2.69 bits per heavy atom. The van der Waals surface area contributed by atoms with E-state index < -0.39 is 5.97 Å². The minimum atomic E-state index is -0.414. The molecule has 0 saturated carbocycles. The van der Waals surface area contributed by atoms with Gasteiger partial charge in [-0.15, -0.1) is 0 Å². The molecule has 3 rings (SSSR count). The molecular formula is C20H21FN2O3. The Balaban J connectivity index is 1.80. The molecule has 1 saturated heterocycles. The lowest BCUT2D eigenvalue weighted by Crippen LogP contribution is -2.36. The van der Waals surface area contributed by atoms with E-state index in [9.17, 15) is 9.18 Å². The van der Waals surface area contributed by atoms with Crippen molar-refractivity contribution in [2.75, 3.05) is 38.3 Å². The zero-order valence-electron chi connectivity index (χ0n) is 14.9. The van der Waals surface area contributed by atoms with Crippen molar-refractivity contribution < 1.29 is 18.7 Å². The number of morpholine rings is 1. The maximum Gasteiger partial charge on any atom is 0.337 e. The molecule has 0 aromatic heterocycles. The van der Waals surface area contributed by atoms with Gasteiger partial charge in [0.1, 0.15) is 5.82 Å². The van der Waals surface area contributed by atoms with Gasteiger partial charge in [0.2, 0.25) is 0 Å². The number of aryl methyl sites for hydroxylation is 1. The van der Waals surface area contributed by atoms with Crippen LogP contribution < -0.4 is 4.90 Å². The van der Waals surface area contributed by atoms with Crippen molar-refractivity contribution >= 4 is 23.6 Å². The van der Waals surface area contributed by atoms with E-state index in [0.29, 0.717) is 48.8 Å². The molecular weight excluding hydrogens is 335 g/mol. The third-order valence-electron chi connectivity index (χ3n) is 4.31. The van der Waals surface area contributed by atoms with Gasteiger partial charge in [0.25, 0.3) is 0 Å². The summed E-state index contributed by atoms with van der Waals surface area (Å²) in [7, 11) is 1.34. The number of benzene rings is 2. The smallest absolute Gasteiger partial charge is 0.337 e. The molecule has 0 N–H and O–H groups in total. The second-order valence-corrected chi connectivity index (χ2v) is 6.06. The van der Waals surface area contributed by atoms with Gasteiger partial charge in [-0.25, -0.2) is 9.18 Å². The number of esters is 1. The summed E-state index contributed by atoms with van der Waals surface area (Å²) >= 11 is 0. The summed E-state index contributed by atoms with van der Waals surface area (Å²) in [5, 5.41) is 0. The van der Waals surface area contributed by atoms with E-state index in [1.54, 1.807) is 30.5 Å². The molecule has 0 unspecified atom stereocenters. The fourth-order valence-electron chi connectivity index (χ4n) is 2.80. The zero-order chi connectivity index (χ0) is 18.5. The molecule has 26 heavy (non-hydrogen) atoms.